The first kappa shape index (κ1) is 27.9. The number of hydrogen-bond donors (Lipinski definition) is 1. The van der Waals surface area contributed by atoms with Crippen LogP contribution in [-0.2, 0) is 10.0 Å². The molecule has 194 valence electrons. The Morgan fingerprint density at radius 2 is 1.69 bits per heavy atom. The second-order valence-corrected chi connectivity index (χ2v) is 18.4. The predicted octanol–water partition coefficient (Wildman–Crippen LogP) is 5.09. The van der Waals surface area contributed by atoms with Crippen molar-refractivity contribution in [3.63, 3.8) is 0 Å². The second-order valence-electron chi connectivity index (χ2n) is 11.5. The van der Waals surface area contributed by atoms with Gasteiger partial charge in [0.1, 0.15) is 5.75 Å². The molecule has 0 bridgehead atoms. The highest BCUT2D eigenvalue weighted by molar-refractivity contribution is 7.89. The standard InChI is InChI=1S/C27H43N3O3SSi/c1-20-19-30(21(2)18-28-20)26(22-13-15-25(16-14-22)34(31,32)29(6)7)23-11-10-12-24(17-23)33-35(8,9)27(3,4)5/h10-17,20-21,26,28H,18-19H2,1-9H3/t20-,21+,26?/m1/s1. The van der Waals surface area contributed by atoms with Crippen LogP contribution in [0, 0.1) is 0 Å². The number of benzene rings is 2. The van der Waals surface area contributed by atoms with Crippen molar-refractivity contribution in [2.75, 3.05) is 27.2 Å². The summed E-state index contributed by atoms with van der Waals surface area (Å²) in [7, 11) is -2.34. The lowest BCUT2D eigenvalue weighted by Crippen LogP contribution is -2.55. The van der Waals surface area contributed by atoms with Gasteiger partial charge in [-0.2, -0.15) is 0 Å². The molecule has 3 rings (SSSR count). The van der Waals surface area contributed by atoms with Gasteiger partial charge in [0.2, 0.25) is 18.3 Å². The normalized spacial score (nSPS) is 21.2. The second kappa shape index (κ2) is 10.3. The molecule has 1 N–H and O–H groups in total. The third kappa shape index (κ3) is 6.17. The maximum Gasteiger partial charge on any atom is 0.250 e. The summed E-state index contributed by atoms with van der Waals surface area (Å²) in [4.78, 5) is 2.82. The van der Waals surface area contributed by atoms with E-state index in [1.807, 2.05) is 12.1 Å². The SMILES string of the molecule is C[C@@H]1CN(C(c2ccc(S(=O)(=O)N(C)C)cc2)c2cccc(O[Si](C)(C)C(C)(C)C)c2)[C@@H](C)CN1. The first-order valence-electron chi connectivity index (χ1n) is 12.4. The van der Waals surface area contributed by atoms with Gasteiger partial charge in [-0.25, -0.2) is 12.7 Å². The molecule has 8 heteroatoms. The summed E-state index contributed by atoms with van der Waals surface area (Å²) in [5.41, 5.74) is 2.23. The lowest BCUT2D eigenvalue weighted by Gasteiger charge is -2.43. The minimum Gasteiger partial charge on any atom is -0.543 e. The summed E-state index contributed by atoms with van der Waals surface area (Å²) in [5, 5.41) is 3.68. The molecular weight excluding hydrogens is 474 g/mol. The highest BCUT2D eigenvalue weighted by Crippen LogP contribution is 2.39. The van der Waals surface area contributed by atoms with E-state index in [4.69, 9.17) is 4.43 Å². The molecule has 2 aromatic rings. The molecule has 0 spiro atoms. The monoisotopic (exact) mass is 517 g/mol. The van der Waals surface area contributed by atoms with Gasteiger partial charge in [-0.3, -0.25) is 4.90 Å². The van der Waals surface area contributed by atoms with Gasteiger partial charge >= 0.3 is 0 Å². The van der Waals surface area contributed by atoms with Gasteiger partial charge in [-0.05, 0) is 67.4 Å². The summed E-state index contributed by atoms with van der Waals surface area (Å²) in [6, 6.07) is 16.5. The number of nitrogens with zero attached hydrogens (tertiary/aromatic N) is 2. The first-order chi connectivity index (χ1) is 16.1. The third-order valence-electron chi connectivity index (χ3n) is 7.47. The Balaban J connectivity index is 2.06. The third-order valence-corrected chi connectivity index (χ3v) is 13.7. The van der Waals surface area contributed by atoms with Crippen molar-refractivity contribution in [1.82, 2.24) is 14.5 Å². The molecule has 1 aliphatic heterocycles. The fraction of sp³-hybridized carbons (Fsp3) is 0.556. The molecule has 0 radical (unpaired) electrons. The molecule has 1 unspecified atom stereocenters. The molecule has 0 amide bonds. The first-order valence-corrected chi connectivity index (χ1v) is 16.8. The zero-order valence-electron chi connectivity index (χ0n) is 22.8. The number of rotatable bonds is 7. The molecule has 0 saturated carbocycles. The molecule has 1 heterocycles. The van der Waals surface area contributed by atoms with Crippen LogP contribution >= 0.6 is 0 Å². The molecule has 3 atom stereocenters. The van der Waals surface area contributed by atoms with Crippen LogP contribution in [0.4, 0.5) is 0 Å². The quantitative estimate of drug-likeness (QED) is 0.518. The van der Waals surface area contributed by atoms with Crippen molar-refractivity contribution in [3.05, 3.63) is 59.7 Å². The van der Waals surface area contributed by atoms with Crippen molar-refractivity contribution in [1.29, 1.82) is 0 Å². The maximum atomic E-state index is 12.6. The summed E-state index contributed by atoms with van der Waals surface area (Å²) < 4.78 is 33.2. The fourth-order valence-electron chi connectivity index (χ4n) is 4.21. The van der Waals surface area contributed by atoms with Crippen LogP contribution in [0.25, 0.3) is 0 Å². The minimum absolute atomic E-state index is 0.00590. The number of nitrogens with one attached hydrogen (secondary N) is 1. The van der Waals surface area contributed by atoms with E-state index in [9.17, 15) is 8.42 Å². The predicted molar refractivity (Wildman–Crippen MR) is 147 cm³/mol. The number of piperazine rings is 1. The average Bonchev–Trinajstić information content (AvgIpc) is 2.76. The topological polar surface area (TPSA) is 61.9 Å². The van der Waals surface area contributed by atoms with Crippen molar-refractivity contribution in [3.8, 4) is 5.75 Å². The van der Waals surface area contributed by atoms with Crippen LogP contribution in [0.2, 0.25) is 18.1 Å². The fourth-order valence-corrected chi connectivity index (χ4v) is 6.14. The van der Waals surface area contributed by atoms with E-state index >= 15 is 0 Å². The Hall–Kier alpha value is -1.71. The van der Waals surface area contributed by atoms with E-state index in [1.165, 1.54) is 4.31 Å². The van der Waals surface area contributed by atoms with Crippen LogP contribution < -0.4 is 9.74 Å². The van der Waals surface area contributed by atoms with Gasteiger partial charge < -0.3 is 9.74 Å². The number of hydrogen-bond acceptors (Lipinski definition) is 5. The van der Waals surface area contributed by atoms with Gasteiger partial charge in [0.25, 0.3) is 0 Å². The van der Waals surface area contributed by atoms with Gasteiger partial charge in [0, 0.05) is 39.3 Å². The smallest absolute Gasteiger partial charge is 0.250 e. The number of sulfonamides is 1. The van der Waals surface area contributed by atoms with Crippen molar-refractivity contribution in [2.45, 2.75) is 75.8 Å². The van der Waals surface area contributed by atoms with Gasteiger partial charge in [-0.15, -0.1) is 0 Å². The molecule has 0 aromatic heterocycles. The molecule has 2 aromatic carbocycles. The van der Waals surface area contributed by atoms with Crippen molar-refractivity contribution < 1.29 is 12.8 Å². The van der Waals surface area contributed by atoms with E-state index in [0.717, 1.165) is 30.0 Å². The van der Waals surface area contributed by atoms with Gasteiger partial charge in [0.05, 0.1) is 10.9 Å². The van der Waals surface area contributed by atoms with Crippen molar-refractivity contribution in [2.24, 2.45) is 0 Å². The molecular formula is C27H43N3O3SSi. The molecule has 6 nitrogen and oxygen atoms in total. The Kier molecular flexibility index (Phi) is 8.23. The zero-order valence-corrected chi connectivity index (χ0v) is 24.6. The average molecular weight is 518 g/mol. The lowest BCUT2D eigenvalue weighted by atomic mass is 9.94. The van der Waals surface area contributed by atoms with E-state index in [0.29, 0.717) is 17.0 Å². The van der Waals surface area contributed by atoms with E-state index in [2.05, 4.69) is 82.2 Å². The minimum atomic E-state index is -3.48. The summed E-state index contributed by atoms with van der Waals surface area (Å²) in [5.74, 6) is 0.904. The molecule has 0 aliphatic carbocycles. The maximum absolute atomic E-state index is 12.6. The largest absolute Gasteiger partial charge is 0.543 e. The van der Waals surface area contributed by atoms with Crippen LogP contribution in [0.3, 0.4) is 0 Å². The zero-order chi connectivity index (χ0) is 26.2. The summed E-state index contributed by atoms with van der Waals surface area (Å²) >= 11 is 0. The van der Waals surface area contributed by atoms with Gasteiger partial charge in [0.15, 0.2) is 0 Å². The van der Waals surface area contributed by atoms with E-state index < -0.39 is 18.3 Å². The molecule has 1 fully saturated rings. The Labute approximate surface area is 213 Å². The Bertz CT molecular complexity index is 1110. The molecule has 1 saturated heterocycles. The molecule has 35 heavy (non-hydrogen) atoms. The van der Waals surface area contributed by atoms with Crippen LogP contribution in [-0.4, -0.2) is 65.2 Å². The highest BCUT2D eigenvalue weighted by Gasteiger charge is 2.39. The lowest BCUT2D eigenvalue weighted by molar-refractivity contribution is 0.113. The summed E-state index contributed by atoms with van der Waals surface area (Å²) in [6.07, 6.45) is 0. The van der Waals surface area contributed by atoms with Crippen molar-refractivity contribution >= 4 is 18.3 Å². The molecule has 1 aliphatic rings. The Morgan fingerprint density at radius 1 is 1.06 bits per heavy atom. The van der Waals surface area contributed by atoms with Crippen LogP contribution in [0.15, 0.2) is 53.4 Å². The van der Waals surface area contributed by atoms with E-state index in [-0.39, 0.29) is 11.1 Å². The van der Waals surface area contributed by atoms with Crippen LogP contribution in [0.1, 0.15) is 51.8 Å². The van der Waals surface area contributed by atoms with Gasteiger partial charge in [-0.1, -0.05) is 45.0 Å². The van der Waals surface area contributed by atoms with E-state index in [1.54, 1.807) is 26.2 Å². The Morgan fingerprint density at radius 3 is 2.26 bits per heavy atom. The highest BCUT2D eigenvalue weighted by atomic mass is 32.2. The van der Waals surface area contributed by atoms with Crippen LogP contribution in [0.5, 0.6) is 5.75 Å². The summed E-state index contributed by atoms with van der Waals surface area (Å²) in [6.45, 7) is 17.5.